The van der Waals surface area contributed by atoms with Gasteiger partial charge in [0.25, 0.3) is 0 Å². The summed E-state index contributed by atoms with van der Waals surface area (Å²) in [6, 6.07) is 8.20. The maximum absolute atomic E-state index is 5.27. The summed E-state index contributed by atoms with van der Waals surface area (Å²) in [5, 5.41) is 0. The molecule has 3 nitrogen and oxygen atoms in total. The topological polar surface area (TPSA) is 27.7 Å². The predicted octanol–water partition coefficient (Wildman–Crippen LogP) is 2.09. The Morgan fingerprint density at radius 2 is 2.00 bits per heavy atom. The number of aryl methyl sites for hydroxylation is 1. The lowest BCUT2D eigenvalue weighted by Gasteiger charge is -2.05. The third-order valence-corrected chi connectivity index (χ3v) is 1.72. The SMILES string of the molecule is COCOCOCc1cccc(C)c1. The van der Waals surface area contributed by atoms with Gasteiger partial charge in [-0.05, 0) is 12.5 Å². The third kappa shape index (κ3) is 4.37. The maximum Gasteiger partial charge on any atom is 0.150 e. The average Bonchev–Trinajstić information content (AvgIpc) is 2.18. The summed E-state index contributed by atoms with van der Waals surface area (Å²) in [6.07, 6.45) is 0. The van der Waals surface area contributed by atoms with E-state index in [-0.39, 0.29) is 13.6 Å². The zero-order valence-electron chi connectivity index (χ0n) is 8.66. The average molecular weight is 196 g/mol. The maximum atomic E-state index is 5.27. The molecule has 0 fully saturated rings. The molecule has 0 saturated carbocycles. The highest BCUT2D eigenvalue weighted by Gasteiger charge is 1.93. The number of methoxy groups -OCH3 is 1. The summed E-state index contributed by atoms with van der Waals surface area (Å²) in [4.78, 5) is 0. The zero-order chi connectivity index (χ0) is 10.2. The minimum absolute atomic E-state index is 0.266. The van der Waals surface area contributed by atoms with Crippen molar-refractivity contribution < 1.29 is 14.2 Å². The number of hydrogen-bond donors (Lipinski definition) is 0. The van der Waals surface area contributed by atoms with Crippen molar-refractivity contribution in [2.45, 2.75) is 13.5 Å². The Kier molecular flexibility index (Phi) is 5.22. The summed E-state index contributed by atoms with van der Waals surface area (Å²) in [6.45, 7) is 3.17. The van der Waals surface area contributed by atoms with Gasteiger partial charge in [0.05, 0.1) is 6.61 Å². The van der Waals surface area contributed by atoms with E-state index in [0.717, 1.165) is 5.56 Å². The van der Waals surface area contributed by atoms with Gasteiger partial charge in [0.15, 0.2) is 0 Å². The highest BCUT2D eigenvalue weighted by molar-refractivity contribution is 5.21. The molecule has 0 aliphatic rings. The van der Waals surface area contributed by atoms with Crippen molar-refractivity contribution in [3.8, 4) is 0 Å². The van der Waals surface area contributed by atoms with E-state index in [0.29, 0.717) is 6.61 Å². The third-order valence-electron chi connectivity index (χ3n) is 1.72. The molecule has 0 saturated heterocycles. The Balaban J connectivity index is 2.18. The molecule has 0 N–H and O–H groups in total. The van der Waals surface area contributed by atoms with Crippen molar-refractivity contribution in [1.29, 1.82) is 0 Å². The van der Waals surface area contributed by atoms with Gasteiger partial charge in [-0.3, -0.25) is 0 Å². The quantitative estimate of drug-likeness (QED) is 0.515. The molecule has 0 unspecified atom stereocenters. The van der Waals surface area contributed by atoms with E-state index in [4.69, 9.17) is 14.2 Å². The van der Waals surface area contributed by atoms with Crippen molar-refractivity contribution in [3.63, 3.8) is 0 Å². The van der Waals surface area contributed by atoms with E-state index in [1.54, 1.807) is 7.11 Å². The van der Waals surface area contributed by atoms with Gasteiger partial charge in [-0.1, -0.05) is 29.8 Å². The molecule has 0 spiro atoms. The molecule has 0 aliphatic carbocycles. The van der Waals surface area contributed by atoms with Crippen molar-refractivity contribution in [2.75, 3.05) is 20.7 Å². The van der Waals surface area contributed by atoms with Crippen LogP contribution < -0.4 is 0 Å². The van der Waals surface area contributed by atoms with Crippen molar-refractivity contribution in [2.24, 2.45) is 0 Å². The number of rotatable bonds is 6. The Morgan fingerprint density at radius 1 is 1.14 bits per heavy atom. The Labute approximate surface area is 84.6 Å². The second-order valence-corrected chi connectivity index (χ2v) is 3.07. The van der Waals surface area contributed by atoms with Gasteiger partial charge < -0.3 is 14.2 Å². The molecule has 78 valence electrons. The Hall–Kier alpha value is -0.900. The molecule has 14 heavy (non-hydrogen) atoms. The summed E-state index contributed by atoms with van der Waals surface area (Å²) < 4.78 is 15.0. The second-order valence-electron chi connectivity index (χ2n) is 3.07. The smallest absolute Gasteiger partial charge is 0.150 e. The van der Waals surface area contributed by atoms with Crippen LogP contribution in [0.2, 0.25) is 0 Å². The molecular formula is C11H16O3. The first-order chi connectivity index (χ1) is 6.83. The van der Waals surface area contributed by atoms with Gasteiger partial charge >= 0.3 is 0 Å². The molecule has 1 rings (SSSR count). The molecule has 3 heteroatoms. The van der Waals surface area contributed by atoms with Crippen LogP contribution in [-0.2, 0) is 20.8 Å². The van der Waals surface area contributed by atoms with Gasteiger partial charge in [-0.15, -0.1) is 0 Å². The first-order valence-electron chi connectivity index (χ1n) is 4.53. The fourth-order valence-electron chi connectivity index (χ4n) is 1.14. The first-order valence-corrected chi connectivity index (χ1v) is 4.53. The van der Waals surface area contributed by atoms with Crippen molar-refractivity contribution >= 4 is 0 Å². The van der Waals surface area contributed by atoms with Crippen LogP contribution >= 0.6 is 0 Å². The standard InChI is InChI=1S/C11H16O3/c1-10-4-3-5-11(6-10)7-13-9-14-8-12-2/h3-6H,7-9H2,1-2H3. The van der Waals surface area contributed by atoms with Crippen LogP contribution in [0.5, 0.6) is 0 Å². The van der Waals surface area contributed by atoms with E-state index in [9.17, 15) is 0 Å². The molecule has 0 bridgehead atoms. The molecule has 0 aliphatic heterocycles. The molecule has 0 aromatic heterocycles. The van der Waals surface area contributed by atoms with E-state index in [2.05, 4.69) is 19.1 Å². The highest BCUT2D eigenvalue weighted by Crippen LogP contribution is 2.04. The van der Waals surface area contributed by atoms with Crippen LogP contribution in [0.1, 0.15) is 11.1 Å². The molecule has 0 radical (unpaired) electrons. The normalized spacial score (nSPS) is 10.4. The van der Waals surface area contributed by atoms with Crippen LogP contribution in [0.4, 0.5) is 0 Å². The fourth-order valence-corrected chi connectivity index (χ4v) is 1.14. The summed E-state index contributed by atoms with van der Waals surface area (Å²) in [5.74, 6) is 0. The van der Waals surface area contributed by atoms with E-state index >= 15 is 0 Å². The lowest BCUT2D eigenvalue weighted by Crippen LogP contribution is -2.02. The molecule has 0 atom stereocenters. The van der Waals surface area contributed by atoms with Gasteiger partial charge in [-0.25, -0.2) is 0 Å². The zero-order valence-corrected chi connectivity index (χ0v) is 8.66. The van der Waals surface area contributed by atoms with Gasteiger partial charge in [0.2, 0.25) is 0 Å². The molecule has 0 heterocycles. The lowest BCUT2D eigenvalue weighted by atomic mass is 10.1. The van der Waals surface area contributed by atoms with E-state index in [1.165, 1.54) is 5.56 Å². The van der Waals surface area contributed by atoms with Crippen LogP contribution in [0.15, 0.2) is 24.3 Å². The molecule has 1 aromatic rings. The Bertz CT molecular complexity index is 260. The minimum Gasteiger partial charge on any atom is -0.359 e. The van der Waals surface area contributed by atoms with E-state index < -0.39 is 0 Å². The molecule has 1 aromatic carbocycles. The number of hydrogen-bond acceptors (Lipinski definition) is 3. The Morgan fingerprint density at radius 3 is 2.71 bits per heavy atom. The van der Waals surface area contributed by atoms with Crippen LogP contribution in [-0.4, -0.2) is 20.7 Å². The lowest BCUT2D eigenvalue weighted by molar-refractivity contribution is -0.125. The predicted molar refractivity (Wildman–Crippen MR) is 53.8 cm³/mol. The molecular weight excluding hydrogens is 180 g/mol. The van der Waals surface area contributed by atoms with Crippen LogP contribution in [0, 0.1) is 6.92 Å². The highest BCUT2D eigenvalue weighted by atomic mass is 16.7. The van der Waals surface area contributed by atoms with Crippen molar-refractivity contribution in [3.05, 3.63) is 35.4 Å². The van der Waals surface area contributed by atoms with Crippen LogP contribution in [0.3, 0.4) is 0 Å². The second kappa shape index (κ2) is 6.54. The van der Waals surface area contributed by atoms with Crippen LogP contribution in [0.25, 0.3) is 0 Å². The summed E-state index contributed by atoms with van der Waals surface area (Å²) in [5.41, 5.74) is 2.40. The van der Waals surface area contributed by atoms with Crippen molar-refractivity contribution in [1.82, 2.24) is 0 Å². The summed E-state index contributed by atoms with van der Waals surface area (Å²) >= 11 is 0. The largest absolute Gasteiger partial charge is 0.359 e. The molecule has 0 amide bonds. The van der Waals surface area contributed by atoms with Gasteiger partial charge in [0.1, 0.15) is 13.6 Å². The first kappa shape index (κ1) is 11.2. The number of benzene rings is 1. The fraction of sp³-hybridized carbons (Fsp3) is 0.455. The minimum atomic E-state index is 0.266. The summed E-state index contributed by atoms with van der Waals surface area (Å²) in [7, 11) is 1.58. The van der Waals surface area contributed by atoms with Gasteiger partial charge in [0, 0.05) is 7.11 Å². The number of ether oxygens (including phenoxy) is 3. The van der Waals surface area contributed by atoms with Gasteiger partial charge in [-0.2, -0.15) is 0 Å². The monoisotopic (exact) mass is 196 g/mol. The van der Waals surface area contributed by atoms with E-state index in [1.807, 2.05) is 12.1 Å².